The summed E-state index contributed by atoms with van der Waals surface area (Å²) in [6.45, 7) is 0. The highest BCUT2D eigenvalue weighted by atomic mass is 16.5. The van der Waals surface area contributed by atoms with Crippen LogP contribution in [0.2, 0.25) is 0 Å². The molecule has 0 aromatic heterocycles. The molecule has 1 aromatic rings. The molecular weight excluding hydrogens is 244 g/mol. The highest BCUT2D eigenvalue weighted by Crippen LogP contribution is 2.25. The number of hydrogen-bond donors (Lipinski definition) is 1. The number of benzene rings is 1. The Morgan fingerprint density at radius 1 is 1.26 bits per heavy atom. The van der Waals surface area contributed by atoms with Gasteiger partial charge in [-0.25, -0.2) is 5.01 Å². The number of nitrogens with zero attached hydrogens (tertiary/aromatic N) is 1. The molecule has 0 aliphatic heterocycles. The largest absolute Gasteiger partial charge is 0.497 e. The van der Waals surface area contributed by atoms with E-state index in [2.05, 4.69) is 5.43 Å². The van der Waals surface area contributed by atoms with Gasteiger partial charge < -0.3 is 9.47 Å². The van der Waals surface area contributed by atoms with Gasteiger partial charge in [-0.1, -0.05) is 0 Å². The summed E-state index contributed by atoms with van der Waals surface area (Å²) in [6.07, 6.45) is 2.03. The second-order valence-corrected chi connectivity index (χ2v) is 4.46. The third-order valence-corrected chi connectivity index (χ3v) is 2.69. The first-order valence-electron chi connectivity index (χ1n) is 6.24. The van der Waals surface area contributed by atoms with Crippen molar-refractivity contribution >= 4 is 5.91 Å². The van der Waals surface area contributed by atoms with Crippen molar-refractivity contribution in [2.75, 3.05) is 28.3 Å². The Kier molecular flexibility index (Phi) is 6.15. The van der Waals surface area contributed by atoms with Crippen LogP contribution < -0.4 is 14.9 Å². The number of aryl methyl sites for hydroxylation is 1. The summed E-state index contributed by atoms with van der Waals surface area (Å²) in [5.41, 5.74) is 3.77. The molecule has 0 atom stereocenters. The Labute approximate surface area is 114 Å². The fourth-order valence-corrected chi connectivity index (χ4v) is 1.82. The molecule has 0 heterocycles. The standard InChI is InChI=1S/C14H22N2O3/c1-16(2)15-14(17)7-5-6-11-10-12(18-3)8-9-13(11)19-4/h8-10H,5-7H2,1-4H3,(H,15,17). The summed E-state index contributed by atoms with van der Waals surface area (Å²) in [5, 5.41) is 1.65. The highest BCUT2D eigenvalue weighted by Gasteiger charge is 2.07. The number of methoxy groups -OCH3 is 2. The van der Waals surface area contributed by atoms with E-state index in [1.54, 1.807) is 33.3 Å². The van der Waals surface area contributed by atoms with Gasteiger partial charge in [0.05, 0.1) is 14.2 Å². The van der Waals surface area contributed by atoms with Gasteiger partial charge in [0.1, 0.15) is 11.5 Å². The van der Waals surface area contributed by atoms with Crippen molar-refractivity contribution in [1.82, 2.24) is 10.4 Å². The molecule has 5 heteroatoms. The number of hydrogen-bond acceptors (Lipinski definition) is 4. The van der Waals surface area contributed by atoms with E-state index in [0.29, 0.717) is 6.42 Å². The van der Waals surface area contributed by atoms with Crippen molar-refractivity contribution in [3.05, 3.63) is 23.8 Å². The van der Waals surface area contributed by atoms with Crippen LogP contribution in [0.25, 0.3) is 0 Å². The van der Waals surface area contributed by atoms with Crippen LogP contribution in [0.3, 0.4) is 0 Å². The van der Waals surface area contributed by atoms with Crippen LogP contribution >= 0.6 is 0 Å². The van der Waals surface area contributed by atoms with Gasteiger partial charge in [0, 0.05) is 20.5 Å². The first kappa shape index (κ1) is 15.3. The Hall–Kier alpha value is -1.75. The normalized spacial score (nSPS) is 10.4. The van der Waals surface area contributed by atoms with Crippen molar-refractivity contribution in [3.63, 3.8) is 0 Å². The summed E-state index contributed by atoms with van der Waals surface area (Å²) in [4.78, 5) is 11.5. The first-order valence-corrected chi connectivity index (χ1v) is 6.24. The van der Waals surface area contributed by atoms with E-state index in [-0.39, 0.29) is 5.91 Å². The Morgan fingerprint density at radius 2 is 2.00 bits per heavy atom. The van der Waals surface area contributed by atoms with Gasteiger partial charge in [-0.2, -0.15) is 0 Å². The average Bonchev–Trinajstić information content (AvgIpc) is 2.37. The third kappa shape index (κ3) is 5.18. The number of nitrogens with one attached hydrogen (secondary N) is 1. The number of ether oxygens (including phenoxy) is 2. The van der Waals surface area contributed by atoms with Crippen molar-refractivity contribution in [2.45, 2.75) is 19.3 Å². The van der Waals surface area contributed by atoms with Gasteiger partial charge in [0.2, 0.25) is 5.91 Å². The zero-order valence-corrected chi connectivity index (χ0v) is 12.0. The van der Waals surface area contributed by atoms with Crippen LogP contribution in [0.5, 0.6) is 11.5 Å². The molecule has 0 fully saturated rings. The van der Waals surface area contributed by atoms with Gasteiger partial charge >= 0.3 is 0 Å². The SMILES string of the molecule is COc1ccc(OC)c(CCCC(=O)NN(C)C)c1. The zero-order chi connectivity index (χ0) is 14.3. The molecule has 1 aromatic carbocycles. The second kappa shape index (κ2) is 7.63. The molecule has 5 nitrogen and oxygen atoms in total. The zero-order valence-electron chi connectivity index (χ0n) is 12.0. The summed E-state index contributed by atoms with van der Waals surface area (Å²) in [6, 6.07) is 5.69. The van der Waals surface area contributed by atoms with E-state index in [1.165, 1.54) is 0 Å². The van der Waals surface area contributed by atoms with Gasteiger partial charge in [0.25, 0.3) is 0 Å². The van der Waals surface area contributed by atoms with Crippen LogP contribution in [0.4, 0.5) is 0 Å². The molecule has 0 bridgehead atoms. The van der Waals surface area contributed by atoms with E-state index in [1.807, 2.05) is 18.2 Å². The summed E-state index contributed by atoms with van der Waals surface area (Å²) < 4.78 is 10.5. The lowest BCUT2D eigenvalue weighted by atomic mass is 10.1. The van der Waals surface area contributed by atoms with E-state index in [0.717, 1.165) is 29.9 Å². The molecule has 0 aliphatic rings. The first-order chi connectivity index (χ1) is 9.06. The van der Waals surface area contributed by atoms with E-state index < -0.39 is 0 Å². The molecule has 1 amide bonds. The maximum Gasteiger partial charge on any atom is 0.234 e. The van der Waals surface area contributed by atoms with Gasteiger partial charge in [0.15, 0.2) is 0 Å². The predicted octanol–water partition coefficient (Wildman–Crippen LogP) is 1.62. The van der Waals surface area contributed by atoms with Gasteiger partial charge in [-0.15, -0.1) is 0 Å². The summed E-state index contributed by atoms with van der Waals surface area (Å²) in [7, 11) is 6.87. The third-order valence-electron chi connectivity index (χ3n) is 2.69. The van der Waals surface area contributed by atoms with Gasteiger partial charge in [-0.05, 0) is 36.6 Å². The van der Waals surface area contributed by atoms with E-state index in [9.17, 15) is 4.79 Å². The smallest absolute Gasteiger partial charge is 0.234 e. The van der Waals surface area contributed by atoms with Crippen molar-refractivity contribution in [3.8, 4) is 11.5 Å². The van der Waals surface area contributed by atoms with Crippen molar-refractivity contribution in [2.24, 2.45) is 0 Å². The Balaban J connectivity index is 2.54. The molecule has 0 spiro atoms. The molecule has 19 heavy (non-hydrogen) atoms. The maximum absolute atomic E-state index is 11.5. The van der Waals surface area contributed by atoms with Crippen LogP contribution in [0.1, 0.15) is 18.4 Å². The molecule has 0 unspecified atom stereocenters. The Bertz CT molecular complexity index is 419. The topological polar surface area (TPSA) is 50.8 Å². The summed E-state index contributed by atoms with van der Waals surface area (Å²) >= 11 is 0. The highest BCUT2D eigenvalue weighted by molar-refractivity contribution is 5.75. The maximum atomic E-state index is 11.5. The van der Waals surface area contributed by atoms with E-state index >= 15 is 0 Å². The fourth-order valence-electron chi connectivity index (χ4n) is 1.82. The van der Waals surface area contributed by atoms with E-state index in [4.69, 9.17) is 9.47 Å². The molecular formula is C14H22N2O3. The molecule has 1 rings (SSSR count). The Morgan fingerprint density at radius 3 is 2.58 bits per heavy atom. The van der Waals surface area contributed by atoms with Crippen molar-refractivity contribution in [1.29, 1.82) is 0 Å². The van der Waals surface area contributed by atoms with Crippen molar-refractivity contribution < 1.29 is 14.3 Å². The van der Waals surface area contributed by atoms with Crippen LogP contribution in [0, 0.1) is 0 Å². The molecule has 1 N–H and O–H groups in total. The lowest BCUT2D eigenvalue weighted by molar-refractivity contribution is -0.124. The lowest BCUT2D eigenvalue weighted by Crippen LogP contribution is -2.35. The number of carbonyl (C=O) groups excluding carboxylic acids is 1. The molecule has 0 saturated carbocycles. The minimum absolute atomic E-state index is 0.0202. The molecule has 0 radical (unpaired) electrons. The number of rotatable bonds is 7. The van der Waals surface area contributed by atoms with Gasteiger partial charge in [-0.3, -0.25) is 10.2 Å². The van der Waals surface area contributed by atoms with Crippen LogP contribution in [-0.4, -0.2) is 39.2 Å². The fraction of sp³-hybridized carbons (Fsp3) is 0.500. The predicted molar refractivity (Wildman–Crippen MR) is 74.3 cm³/mol. The summed E-state index contributed by atoms with van der Waals surface area (Å²) in [5.74, 6) is 1.65. The minimum Gasteiger partial charge on any atom is -0.497 e. The second-order valence-electron chi connectivity index (χ2n) is 4.46. The molecule has 106 valence electrons. The van der Waals surface area contributed by atoms with Crippen LogP contribution in [-0.2, 0) is 11.2 Å². The minimum atomic E-state index is 0.0202. The molecule has 0 saturated heterocycles. The number of hydrazine groups is 1. The quantitative estimate of drug-likeness (QED) is 0.762. The number of amides is 1. The number of carbonyl (C=O) groups is 1. The average molecular weight is 266 g/mol. The lowest BCUT2D eigenvalue weighted by Gasteiger charge is -2.12. The molecule has 0 aliphatic carbocycles. The monoisotopic (exact) mass is 266 g/mol. The van der Waals surface area contributed by atoms with Crippen LogP contribution in [0.15, 0.2) is 18.2 Å².